The van der Waals surface area contributed by atoms with Crippen LogP contribution in [-0.4, -0.2) is 18.1 Å². The Balaban J connectivity index is 1.63. The first-order valence-electron chi connectivity index (χ1n) is 6.72. The molecule has 0 aliphatic heterocycles. The monoisotopic (exact) mass is 273 g/mol. The average molecular weight is 273 g/mol. The number of rotatable bonds is 6. The summed E-state index contributed by atoms with van der Waals surface area (Å²) < 4.78 is 0. The zero-order valence-electron chi connectivity index (χ0n) is 11.2. The zero-order chi connectivity index (χ0) is 13.1. The maximum atomic E-state index is 4.43. The fraction of sp³-hybridized carbons (Fsp3) is 0.400. The standard InChI is InChI=1S/C15H19N3S/c1-18(10-12-5-7-19-11-12)15-4-6-16-14(8-15)9-17-13-2-3-13/h4-8,11,13,17H,2-3,9-10H2,1H3. The summed E-state index contributed by atoms with van der Waals surface area (Å²) in [5.74, 6) is 0. The van der Waals surface area contributed by atoms with Crippen LogP contribution in [-0.2, 0) is 13.1 Å². The molecule has 1 fully saturated rings. The minimum Gasteiger partial charge on any atom is -0.370 e. The first kappa shape index (κ1) is 12.6. The number of nitrogens with one attached hydrogen (secondary N) is 1. The Kier molecular flexibility index (Phi) is 3.80. The summed E-state index contributed by atoms with van der Waals surface area (Å²) in [6.07, 6.45) is 4.54. The number of pyridine rings is 1. The second-order valence-corrected chi connectivity index (χ2v) is 5.93. The van der Waals surface area contributed by atoms with E-state index in [9.17, 15) is 0 Å². The van der Waals surface area contributed by atoms with Crippen LogP contribution in [0.1, 0.15) is 24.1 Å². The largest absolute Gasteiger partial charge is 0.370 e. The lowest BCUT2D eigenvalue weighted by Crippen LogP contribution is -2.18. The van der Waals surface area contributed by atoms with E-state index in [4.69, 9.17) is 0 Å². The van der Waals surface area contributed by atoms with E-state index in [0.29, 0.717) is 0 Å². The summed E-state index contributed by atoms with van der Waals surface area (Å²) in [5.41, 5.74) is 3.72. The van der Waals surface area contributed by atoms with Gasteiger partial charge in [0.15, 0.2) is 0 Å². The smallest absolute Gasteiger partial charge is 0.0562 e. The Morgan fingerprint density at radius 2 is 2.32 bits per heavy atom. The van der Waals surface area contributed by atoms with Gasteiger partial charge in [-0.05, 0) is 47.4 Å². The number of aromatic nitrogens is 1. The quantitative estimate of drug-likeness (QED) is 0.877. The highest BCUT2D eigenvalue weighted by molar-refractivity contribution is 7.07. The van der Waals surface area contributed by atoms with E-state index in [2.05, 4.69) is 51.2 Å². The lowest BCUT2D eigenvalue weighted by molar-refractivity contribution is 0.674. The molecule has 1 aliphatic carbocycles. The van der Waals surface area contributed by atoms with E-state index < -0.39 is 0 Å². The number of thiophene rings is 1. The molecule has 3 rings (SSSR count). The van der Waals surface area contributed by atoms with Crippen molar-refractivity contribution >= 4 is 17.0 Å². The summed E-state index contributed by atoms with van der Waals surface area (Å²) in [5, 5.41) is 7.83. The van der Waals surface area contributed by atoms with Gasteiger partial charge in [0.05, 0.1) is 5.69 Å². The maximum Gasteiger partial charge on any atom is 0.0562 e. The third-order valence-electron chi connectivity index (χ3n) is 3.39. The van der Waals surface area contributed by atoms with Crippen molar-refractivity contribution in [3.8, 4) is 0 Å². The van der Waals surface area contributed by atoms with Gasteiger partial charge in [-0.25, -0.2) is 0 Å². The van der Waals surface area contributed by atoms with Crippen LogP contribution < -0.4 is 10.2 Å². The van der Waals surface area contributed by atoms with E-state index in [0.717, 1.165) is 24.8 Å². The Labute approximate surface area is 118 Å². The molecular weight excluding hydrogens is 254 g/mol. The molecule has 1 aliphatic rings. The van der Waals surface area contributed by atoms with E-state index in [-0.39, 0.29) is 0 Å². The van der Waals surface area contributed by atoms with Crippen molar-refractivity contribution in [1.29, 1.82) is 0 Å². The third kappa shape index (κ3) is 3.55. The van der Waals surface area contributed by atoms with Crippen molar-refractivity contribution in [3.63, 3.8) is 0 Å². The minimum absolute atomic E-state index is 0.731. The molecule has 0 unspecified atom stereocenters. The molecule has 0 saturated heterocycles. The highest BCUT2D eigenvalue weighted by Gasteiger charge is 2.20. The van der Waals surface area contributed by atoms with Crippen molar-refractivity contribution in [2.45, 2.75) is 32.0 Å². The molecule has 0 radical (unpaired) electrons. The van der Waals surface area contributed by atoms with Crippen molar-refractivity contribution < 1.29 is 0 Å². The fourth-order valence-electron chi connectivity index (χ4n) is 2.08. The average Bonchev–Trinajstić information content (AvgIpc) is 3.13. The molecule has 2 aromatic rings. The number of hydrogen-bond donors (Lipinski definition) is 1. The predicted octanol–water partition coefficient (Wildman–Crippen LogP) is 3.03. The number of hydrogen-bond acceptors (Lipinski definition) is 4. The Morgan fingerprint density at radius 1 is 1.42 bits per heavy atom. The maximum absolute atomic E-state index is 4.43. The molecule has 2 aromatic heterocycles. The van der Waals surface area contributed by atoms with Gasteiger partial charge in [0.2, 0.25) is 0 Å². The van der Waals surface area contributed by atoms with E-state index in [1.54, 1.807) is 11.3 Å². The summed E-state index contributed by atoms with van der Waals surface area (Å²) in [6, 6.07) is 7.17. The molecular formula is C15H19N3S. The molecule has 1 saturated carbocycles. The van der Waals surface area contributed by atoms with Gasteiger partial charge in [0, 0.05) is 38.1 Å². The molecule has 0 amide bonds. The molecule has 100 valence electrons. The van der Waals surface area contributed by atoms with E-state index in [1.165, 1.54) is 24.1 Å². The lowest BCUT2D eigenvalue weighted by Gasteiger charge is -2.19. The molecule has 4 heteroatoms. The molecule has 0 bridgehead atoms. The molecule has 19 heavy (non-hydrogen) atoms. The molecule has 0 spiro atoms. The van der Waals surface area contributed by atoms with E-state index in [1.807, 2.05) is 6.20 Å². The van der Waals surface area contributed by atoms with Gasteiger partial charge in [-0.2, -0.15) is 11.3 Å². The van der Waals surface area contributed by atoms with Crippen LogP contribution in [0, 0.1) is 0 Å². The molecule has 2 heterocycles. The summed E-state index contributed by atoms with van der Waals surface area (Å²) in [4.78, 5) is 6.70. The van der Waals surface area contributed by atoms with Crippen LogP contribution in [0.5, 0.6) is 0 Å². The Morgan fingerprint density at radius 3 is 3.05 bits per heavy atom. The fourth-order valence-corrected chi connectivity index (χ4v) is 2.74. The second kappa shape index (κ2) is 5.72. The van der Waals surface area contributed by atoms with Crippen LogP contribution in [0.25, 0.3) is 0 Å². The van der Waals surface area contributed by atoms with E-state index >= 15 is 0 Å². The highest BCUT2D eigenvalue weighted by Crippen LogP contribution is 2.20. The molecule has 1 N–H and O–H groups in total. The van der Waals surface area contributed by atoms with Gasteiger partial charge in [-0.3, -0.25) is 4.98 Å². The zero-order valence-corrected chi connectivity index (χ0v) is 12.0. The van der Waals surface area contributed by atoms with Gasteiger partial charge in [0.25, 0.3) is 0 Å². The number of anilines is 1. The highest BCUT2D eigenvalue weighted by atomic mass is 32.1. The van der Waals surface area contributed by atoms with Crippen LogP contribution in [0.4, 0.5) is 5.69 Å². The SMILES string of the molecule is CN(Cc1ccsc1)c1ccnc(CNC2CC2)c1. The van der Waals surface area contributed by atoms with Crippen LogP contribution in [0.15, 0.2) is 35.2 Å². The van der Waals surface area contributed by atoms with Gasteiger partial charge in [-0.15, -0.1) is 0 Å². The van der Waals surface area contributed by atoms with Crippen molar-refractivity contribution in [1.82, 2.24) is 10.3 Å². The van der Waals surface area contributed by atoms with Gasteiger partial charge >= 0.3 is 0 Å². The molecule has 0 atom stereocenters. The van der Waals surface area contributed by atoms with Gasteiger partial charge in [-0.1, -0.05) is 0 Å². The lowest BCUT2D eigenvalue weighted by atomic mass is 10.2. The second-order valence-electron chi connectivity index (χ2n) is 5.15. The van der Waals surface area contributed by atoms with Crippen LogP contribution in [0.3, 0.4) is 0 Å². The normalized spacial score (nSPS) is 14.6. The third-order valence-corrected chi connectivity index (χ3v) is 4.12. The molecule has 3 nitrogen and oxygen atoms in total. The molecule has 0 aromatic carbocycles. The van der Waals surface area contributed by atoms with Gasteiger partial charge in [0.1, 0.15) is 0 Å². The number of nitrogens with zero attached hydrogens (tertiary/aromatic N) is 2. The van der Waals surface area contributed by atoms with Gasteiger partial charge < -0.3 is 10.2 Å². The first-order valence-corrected chi connectivity index (χ1v) is 7.66. The predicted molar refractivity (Wildman–Crippen MR) is 80.5 cm³/mol. The van der Waals surface area contributed by atoms with Crippen molar-refractivity contribution in [2.75, 3.05) is 11.9 Å². The summed E-state index contributed by atoms with van der Waals surface area (Å²) in [6.45, 7) is 1.83. The summed E-state index contributed by atoms with van der Waals surface area (Å²) >= 11 is 1.75. The minimum atomic E-state index is 0.731. The Hall–Kier alpha value is -1.39. The topological polar surface area (TPSA) is 28.2 Å². The van der Waals surface area contributed by atoms with Crippen LogP contribution in [0.2, 0.25) is 0 Å². The summed E-state index contributed by atoms with van der Waals surface area (Å²) in [7, 11) is 2.13. The van der Waals surface area contributed by atoms with Crippen molar-refractivity contribution in [2.24, 2.45) is 0 Å². The van der Waals surface area contributed by atoms with Crippen molar-refractivity contribution in [3.05, 3.63) is 46.4 Å². The van der Waals surface area contributed by atoms with Crippen LogP contribution >= 0.6 is 11.3 Å². The Bertz CT molecular complexity index is 520. The first-order chi connectivity index (χ1) is 9.31.